The van der Waals surface area contributed by atoms with E-state index in [-0.39, 0.29) is 12.2 Å². The minimum absolute atomic E-state index is 0.238. The molecule has 1 aliphatic heterocycles. The molecule has 1 saturated heterocycles. The molecule has 1 fully saturated rings. The molecule has 5 heteroatoms. The van der Waals surface area contributed by atoms with Crippen LogP contribution in [-0.4, -0.2) is 25.3 Å². The minimum Gasteiger partial charge on any atom is -0.378 e. The summed E-state index contributed by atoms with van der Waals surface area (Å²) in [5.41, 5.74) is 2.34. The SMILES string of the molecule is C[C@H]1CN(c2ccccc2NCc2ccc(C#N)s2)C[C@H](C)O1. The van der Waals surface area contributed by atoms with Crippen LogP contribution in [0.4, 0.5) is 11.4 Å². The van der Waals surface area contributed by atoms with Crippen LogP contribution < -0.4 is 10.2 Å². The van der Waals surface area contributed by atoms with Crippen LogP contribution >= 0.6 is 11.3 Å². The number of nitriles is 1. The Bertz CT molecular complexity index is 696. The Morgan fingerprint density at radius 2 is 1.96 bits per heavy atom. The van der Waals surface area contributed by atoms with E-state index in [0.29, 0.717) is 0 Å². The Kier molecular flexibility index (Phi) is 4.85. The standard InChI is InChI=1S/C18H21N3OS/c1-13-11-21(12-14(2)22-13)18-6-4-3-5-17(18)20-10-16-8-7-15(9-19)23-16/h3-8,13-14,20H,10-12H2,1-2H3/t13-,14-/m0/s1. The van der Waals surface area contributed by atoms with E-state index in [1.54, 1.807) is 0 Å². The van der Waals surface area contributed by atoms with Crippen molar-refractivity contribution in [3.05, 3.63) is 46.2 Å². The lowest BCUT2D eigenvalue weighted by Gasteiger charge is -2.37. The van der Waals surface area contributed by atoms with Crippen LogP contribution in [-0.2, 0) is 11.3 Å². The summed E-state index contributed by atoms with van der Waals surface area (Å²) in [7, 11) is 0. The van der Waals surface area contributed by atoms with Gasteiger partial charge in [0, 0.05) is 24.5 Å². The van der Waals surface area contributed by atoms with Gasteiger partial charge in [0.25, 0.3) is 0 Å². The van der Waals surface area contributed by atoms with Crippen molar-refractivity contribution in [2.75, 3.05) is 23.3 Å². The summed E-state index contributed by atoms with van der Waals surface area (Å²) in [4.78, 5) is 4.31. The lowest BCUT2D eigenvalue weighted by Crippen LogP contribution is -2.45. The molecule has 1 aliphatic rings. The maximum atomic E-state index is 8.92. The topological polar surface area (TPSA) is 48.3 Å². The molecule has 0 saturated carbocycles. The molecule has 1 aromatic carbocycles. The highest BCUT2D eigenvalue weighted by Crippen LogP contribution is 2.29. The largest absolute Gasteiger partial charge is 0.378 e. The van der Waals surface area contributed by atoms with E-state index in [2.05, 4.69) is 48.3 Å². The molecule has 2 aromatic rings. The van der Waals surface area contributed by atoms with E-state index in [0.717, 1.165) is 30.2 Å². The van der Waals surface area contributed by atoms with Crippen molar-refractivity contribution < 1.29 is 4.74 Å². The number of thiophene rings is 1. The number of benzene rings is 1. The van der Waals surface area contributed by atoms with Gasteiger partial charge in [0.1, 0.15) is 10.9 Å². The van der Waals surface area contributed by atoms with Crippen LogP contribution in [0, 0.1) is 11.3 Å². The van der Waals surface area contributed by atoms with Crippen molar-refractivity contribution in [2.45, 2.75) is 32.6 Å². The first kappa shape index (κ1) is 15.9. The normalized spacial score (nSPS) is 21.0. The number of ether oxygens (including phenoxy) is 1. The molecule has 1 aromatic heterocycles. The van der Waals surface area contributed by atoms with Crippen LogP contribution in [0.25, 0.3) is 0 Å². The Labute approximate surface area is 141 Å². The number of morpholine rings is 1. The molecule has 120 valence electrons. The van der Waals surface area contributed by atoms with E-state index >= 15 is 0 Å². The quantitative estimate of drug-likeness (QED) is 0.927. The summed E-state index contributed by atoms with van der Waals surface area (Å²) < 4.78 is 5.83. The molecule has 0 unspecified atom stereocenters. The zero-order chi connectivity index (χ0) is 16.2. The summed E-state index contributed by atoms with van der Waals surface area (Å²) >= 11 is 1.54. The van der Waals surface area contributed by atoms with Crippen LogP contribution in [0.5, 0.6) is 0 Å². The van der Waals surface area contributed by atoms with E-state index in [1.807, 2.05) is 18.2 Å². The van der Waals surface area contributed by atoms with E-state index in [1.165, 1.54) is 21.9 Å². The number of nitrogens with zero attached hydrogens (tertiary/aromatic N) is 2. The van der Waals surface area contributed by atoms with Crippen molar-refractivity contribution in [3.8, 4) is 6.07 Å². The number of para-hydroxylation sites is 2. The molecular weight excluding hydrogens is 306 g/mol. The maximum absolute atomic E-state index is 8.92. The minimum atomic E-state index is 0.238. The zero-order valence-electron chi connectivity index (χ0n) is 13.5. The smallest absolute Gasteiger partial charge is 0.110 e. The van der Waals surface area contributed by atoms with Crippen molar-refractivity contribution in [1.29, 1.82) is 5.26 Å². The predicted molar refractivity (Wildman–Crippen MR) is 95.0 cm³/mol. The van der Waals surface area contributed by atoms with Crippen molar-refractivity contribution in [2.24, 2.45) is 0 Å². The third-order valence-corrected chi connectivity index (χ3v) is 4.88. The van der Waals surface area contributed by atoms with Gasteiger partial charge in [-0.15, -0.1) is 11.3 Å². The molecule has 0 bridgehead atoms. The fourth-order valence-electron chi connectivity index (χ4n) is 2.99. The second kappa shape index (κ2) is 7.03. The Balaban J connectivity index is 1.74. The third kappa shape index (κ3) is 3.84. The Morgan fingerprint density at radius 3 is 2.65 bits per heavy atom. The Morgan fingerprint density at radius 1 is 1.22 bits per heavy atom. The molecule has 0 amide bonds. The molecule has 23 heavy (non-hydrogen) atoms. The van der Waals surface area contributed by atoms with Gasteiger partial charge < -0.3 is 15.0 Å². The average Bonchev–Trinajstić information content (AvgIpc) is 3.00. The van der Waals surface area contributed by atoms with Gasteiger partial charge in [-0.3, -0.25) is 0 Å². The fraction of sp³-hybridized carbons (Fsp3) is 0.389. The Hall–Kier alpha value is -2.03. The molecule has 2 heterocycles. The van der Waals surface area contributed by atoms with Gasteiger partial charge in [-0.05, 0) is 38.1 Å². The van der Waals surface area contributed by atoms with Crippen LogP contribution in [0.2, 0.25) is 0 Å². The summed E-state index contributed by atoms with van der Waals surface area (Å²) in [6.45, 7) is 6.78. The molecule has 4 nitrogen and oxygen atoms in total. The van der Waals surface area contributed by atoms with E-state index in [4.69, 9.17) is 10.00 Å². The van der Waals surface area contributed by atoms with Gasteiger partial charge >= 0.3 is 0 Å². The van der Waals surface area contributed by atoms with Crippen molar-refractivity contribution in [1.82, 2.24) is 0 Å². The van der Waals surface area contributed by atoms with E-state index < -0.39 is 0 Å². The second-order valence-electron chi connectivity index (χ2n) is 5.91. The van der Waals surface area contributed by atoms with Crippen LogP contribution in [0.3, 0.4) is 0 Å². The molecule has 0 radical (unpaired) electrons. The molecule has 1 N–H and O–H groups in total. The number of hydrogen-bond acceptors (Lipinski definition) is 5. The lowest BCUT2D eigenvalue weighted by molar-refractivity contribution is -0.00517. The van der Waals surface area contributed by atoms with Gasteiger partial charge in [-0.1, -0.05) is 12.1 Å². The van der Waals surface area contributed by atoms with Crippen molar-refractivity contribution >= 4 is 22.7 Å². The third-order valence-electron chi connectivity index (χ3n) is 3.89. The maximum Gasteiger partial charge on any atom is 0.110 e. The van der Waals surface area contributed by atoms with Gasteiger partial charge in [0.05, 0.1) is 23.6 Å². The molecule has 0 spiro atoms. The molecule has 0 aliphatic carbocycles. The van der Waals surface area contributed by atoms with Gasteiger partial charge in [0.2, 0.25) is 0 Å². The van der Waals surface area contributed by atoms with Crippen molar-refractivity contribution in [3.63, 3.8) is 0 Å². The second-order valence-corrected chi connectivity index (χ2v) is 7.08. The first-order valence-electron chi connectivity index (χ1n) is 7.88. The monoisotopic (exact) mass is 327 g/mol. The van der Waals surface area contributed by atoms with Gasteiger partial charge in [-0.2, -0.15) is 5.26 Å². The zero-order valence-corrected chi connectivity index (χ0v) is 14.3. The number of nitrogens with one attached hydrogen (secondary N) is 1. The van der Waals surface area contributed by atoms with E-state index in [9.17, 15) is 0 Å². The fourth-order valence-corrected chi connectivity index (χ4v) is 3.73. The number of hydrogen-bond donors (Lipinski definition) is 1. The summed E-state index contributed by atoms with van der Waals surface area (Å²) in [5, 5.41) is 12.4. The highest BCUT2D eigenvalue weighted by molar-refractivity contribution is 7.12. The number of anilines is 2. The first-order valence-corrected chi connectivity index (χ1v) is 8.69. The lowest BCUT2D eigenvalue weighted by atomic mass is 10.1. The molecular formula is C18H21N3OS. The first-order chi connectivity index (χ1) is 11.2. The van der Waals surface area contributed by atoms with Crippen LogP contribution in [0.1, 0.15) is 23.6 Å². The summed E-state index contributed by atoms with van der Waals surface area (Å²) in [6.07, 6.45) is 0.476. The number of rotatable bonds is 4. The summed E-state index contributed by atoms with van der Waals surface area (Å²) in [6, 6.07) is 14.5. The average molecular weight is 327 g/mol. The highest BCUT2D eigenvalue weighted by atomic mass is 32.1. The van der Waals surface area contributed by atoms with Crippen LogP contribution in [0.15, 0.2) is 36.4 Å². The van der Waals surface area contributed by atoms with Gasteiger partial charge in [-0.25, -0.2) is 0 Å². The highest BCUT2D eigenvalue weighted by Gasteiger charge is 2.23. The predicted octanol–water partition coefficient (Wildman–Crippen LogP) is 3.85. The molecule has 2 atom stereocenters. The molecule has 3 rings (SSSR count). The van der Waals surface area contributed by atoms with Gasteiger partial charge in [0.15, 0.2) is 0 Å². The summed E-state index contributed by atoms with van der Waals surface area (Å²) in [5.74, 6) is 0.